The second-order valence-electron chi connectivity index (χ2n) is 6.79. The number of hydrogen-bond acceptors (Lipinski definition) is 5. The Balaban J connectivity index is 1.80. The fraction of sp³-hybridized carbons (Fsp3) is 0.238. The minimum atomic E-state index is -3.63. The minimum Gasteiger partial charge on any atom is -0.457 e. The van der Waals surface area contributed by atoms with E-state index >= 15 is 0 Å². The third kappa shape index (κ3) is 4.23. The number of hydrogen-bond donors (Lipinski definition) is 0. The number of esters is 1. The monoisotopic (exact) mass is 413 g/mol. The molecular weight excluding hydrogens is 390 g/mol. The molecule has 2 aromatic carbocycles. The smallest absolute Gasteiger partial charge is 0.338 e. The van der Waals surface area contributed by atoms with Gasteiger partial charge in [-0.2, -0.15) is 5.10 Å². The van der Waals surface area contributed by atoms with Crippen molar-refractivity contribution in [2.45, 2.75) is 25.3 Å². The highest BCUT2D eigenvalue weighted by atomic mass is 32.2. The number of aromatic nitrogens is 2. The first-order valence-electron chi connectivity index (χ1n) is 9.02. The van der Waals surface area contributed by atoms with E-state index in [0.29, 0.717) is 0 Å². The summed E-state index contributed by atoms with van der Waals surface area (Å²) in [6.45, 7) is 3.83. The lowest BCUT2D eigenvalue weighted by Gasteiger charge is -2.12. The van der Waals surface area contributed by atoms with Crippen molar-refractivity contribution in [1.29, 1.82) is 0 Å². The Bertz CT molecular complexity index is 1140. The highest BCUT2D eigenvalue weighted by Crippen LogP contribution is 2.20. The van der Waals surface area contributed by atoms with Crippen LogP contribution in [0, 0.1) is 13.8 Å². The van der Waals surface area contributed by atoms with E-state index < -0.39 is 16.0 Å². The predicted molar refractivity (Wildman–Crippen MR) is 109 cm³/mol. The average molecular weight is 413 g/mol. The van der Waals surface area contributed by atoms with Crippen molar-refractivity contribution in [3.63, 3.8) is 0 Å². The first-order valence-corrected chi connectivity index (χ1v) is 10.5. The zero-order valence-electron chi connectivity index (χ0n) is 16.8. The number of sulfonamides is 1. The van der Waals surface area contributed by atoms with Crippen LogP contribution in [0.3, 0.4) is 0 Å². The van der Waals surface area contributed by atoms with Gasteiger partial charge in [0.2, 0.25) is 10.0 Å². The lowest BCUT2D eigenvalue weighted by atomic mass is 10.2. The zero-order chi connectivity index (χ0) is 21.2. The van der Waals surface area contributed by atoms with Crippen LogP contribution in [-0.2, 0) is 21.4 Å². The van der Waals surface area contributed by atoms with Crippen molar-refractivity contribution in [2.24, 2.45) is 0 Å². The third-order valence-corrected chi connectivity index (χ3v) is 6.45. The van der Waals surface area contributed by atoms with Crippen LogP contribution in [0.4, 0.5) is 0 Å². The maximum atomic E-state index is 12.5. The Kier molecular flexibility index (Phi) is 5.86. The Morgan fingerprint density at radius 3 is 2.41 bits per heavy atom. The summed E-state index contributed by atoms with van der Waals surface area (Å²) in [6, 6.07) is 15.5. The Morgan fingerprint density at radius 1 is 1.07 bits per heavy atom. The van der Waals surface area contributed by atoms with Crippen molar-refractivity contribution in [3.8, 4) is 5.69 Å². The Hall–Kier alpha value is -2.97. The molecule has 0 bridgehead atoms. The summed E-state index contributed by atoms with van der Waals surface area (Å²) in [6.07, 6.45) is 0. The number of para-hydroxylation sites is 1. The van der Waals surface area contributed by atoms with Crippen LogP contribution in [0.5, 0.6) is 0 Å². The maximum absolute atomic E-state index is 12.5. The number of ether oxygens (including phenoxy) is 1. The van der Waals surface area contributed by atoms with Gasteiger partial charge in [0.05, 0.1) is 21.8 Å². The lowest BCUT2D eigenvalue weighted by molar-refractivity contribution is 0.0471. The van der Waals surface area contributed by atoms with E-state index in [1.54, 1.807) is 0 Å². The summed E-state index contributed by atoms with van der Waals surface area (Å²) in [5.41, 5.74) is 3.57. The summed E-state index contributed by atoms with van der Waals surface area (Å²) < 4.78 is 32.9. The zero-order valence-corrected chi connectivity index (χ0v) is 17.6. The average Bonchev–Trinajstić information content (AvgIpc) is 3.00. The SMILES string of the molecule is Cc1nn(-c2ccccc2)c(C)c1COC(=O)c1cccc(S(=O)(=O)N(C)C)c1. The normalized spacial score (nSPS) is 11.6. The van der Waals surface area contributed by atoms with E-state index in [9.17, 15) is 13.2 Å². The van der Waals surface area contributed by atoms with Crippen LogP contribution in [-0.4, -0.2) is 42.6 Å². The van der Waals surface area contributed by atoms with Gasteiger partial charge in [-0.1, -0.05) is 24.3 Å². The first kappa shape index (κ1) is 20.8. The molecule has 0 aliphatic rings. The van der Waals surface area contributed by atoms with Gasteiger partial charge in [-0.25, -0.2) is 22.2 Å². The Morgan fingerprint density at radius 2 is 1.76 bits per heavy atom. The second-order valence-corrected chi connectivity index (χ2v) is 8.94. The molecule has 0 aliphatic heterocycles. The number of rotatable bonds is 6. The number of benzene rings is 2. The molecule has 29 heavy (non-hydrogen) atoms. The highest BCUT2D eigenvalue weighted by molar-refractivity contribution is 7.89. The molecule has 0 atom stereocenters. The number of aryl methyl sites for hydroxylation is 1. The van der Waals surface area contributed by atoms with E-state index in [4.69, 9.17) is 4.74 Å². The van der Waals surface area contributed by atoms with Crippen LogP contribution in [0.15, 0.2) is 59.5 Å². The number of nitrogens with zero attached hydrogens (tertiary/aromatic N) is 3. The summed E-state index contributed by atoms with van der Waals surface area (Å²) in [5.74, 6) is -0.591. The highest BCUT2D eigenvalue weighted by Gasteiger charge is 2.20. The van der Waals surface area contributed by atoms with Crippen molar-refractivity contribution >= 4 is 16.0 Å². The summed E-state index contributed by atoms with van der Waals surface area (Å²) in [4.78, 5) is 12.6. The molecule has 152 valence electrons. The van der Waals surface area contributed by atoms with Crippen LogP contribution >= 0.6 is 0 Å². The van der Waals surface area contributed by atoms with Crippen LogP contribution in [0.1, 0.15) is 27.3 Å². The number of carbonyl (C=O) groups is 1. The molecule has 8 heteroatoms. The van der Waals surface area contributed by atoms with Crippen molar-refractivity contribution in [2.75, 3.05) is 14.1 Å². The predicted octanol–water partition coefficient (Wildman–Crippen LogP) is 3.10. The first-order chi connectivity index (χ1) is 13.7. The van der Waals surface area contributed by atoms with E-state index in [0.717, 1.165) is 26.9 Å². The van der Waals surface area contributed by atoms with E-state index in [-0.39, 0.29) is 17.1 Å². The maximum Gasteiger partial charge on any atom is 0.338 e. The molecule has 0 saturated heterocycles. The van der Waals surface area contributed by atoms with Crippen LogP contribution in [0.25, 0.3) is 5.69 Å². The molecule has 0 spiro atoms. The third-order valence-electron chi connectivity index (χ3n) is 4.64. The quantitative estimate of drug-likeness (QED) is 0.580. The molecule has 0 saturated carbocycles. The number of carbonyl (C=O) groups excluding carboxylic acids is 1. The molecule has 3 rings (SSSR count). The standard InChI is InChI=1S/C21H23N3O4S/c1-15-20(16(2)24(22-15)18-10-6-5-7-11-18)14-28-21(25)17-9-8-12-19(13-17)29(26,27)23(3)4/h5-13H,14H2,1-4H3. The van der Waals surface area contributed by atoms with Gasteiger partial charge in [0.1, 0.15) is 6.61 Å². The van der Waals surface area contributed by atoms with E-state index in [1.165, 1.54) is 38.4 Å². The molecule has 0 unspecified atom stereocenters. The summed E-state index contributed by atoms with van der Waals surface area (Å²) in [5, 5.41) is 4.54. The largest absolute Gasteiger partial charge is 0.457 e. The van der Waals surface area contributed by atoms with Crippen molar-refractivity contribution < 1.29 is 17.9 Å². The molecule has 0 amide bonds. The molecule has 1 aromatic heterocycles. The molecule has 3 aromatic rings. The van der Waals surface area contributed by atoms with Crippen LogP contribution in [0.2, 0.25) is 0 Å². The van der Waals surface area contributed by atoms with Gasteiger partial charge in [-0.05, 0) is 44.2 Å². The minimum absolute atomic E-state index is 0.0428. The van der Waals surface area contributed by atoms with E-state index in [1.807, 2.05) is 48.9 Å². The fourth-order valence-corrected chi connectivity index (χ4v) is 3.87. The van der Waals surface area contributed by atoms with Crippen molar-refractivity contribution in [3.05, 3.63) is 77.1 Å². The molecule has 0 N–H and O–H groups in total. The van der Waals surface area contributed by atoms with Gasteiger partial charge in [0.25, 0.3) is 0 Å². The Labute approximate surface area is 170 Å². The molecule has 0 fully saturated rings. The molecule has 1 heterocycles. The van der Waals surface area contributed by atoms with Gasteiger partial charge >= 0.3 is 5.97 Å². The van der Waals surface area contributed by atoms with Gasteiger partial charge < -0.3 is 4.74 Å². The fourth-order valence-electron chi connectivity index (χ4n) is 2.92. The molecule has 0 radical (unpaired) electrons. The summed E-state index contributed by atoms with van der Waals surface area (Å²) in [7, 11) is -0.747. The molecule has 7 nitrogen and oxygen atoms in total. The summed E-state index contributed by atoms with van der Waals surface area (Å²) >= 11 is 0. The van der Waals surface area contributed by atoms with Gasteiger partial charge in [0, 0.05) is 25.4 Å². The van der Waals surface area contributed by atoms with Gasteiger partial charge in [-0.3, -0.25) is 0 Å². The van der Waals surface area contributed by atoms with Crippen LogP contribution < -0.4 is 0 Å². The molecule has 0 aliphatic carbocycles. The lowest BCUT2D eigenvalue weighted by Crippen LogP contribution is -2.22. The topological polar surface area (TPSA) is 81.5 Å². The van der Waals surface area contributed by atoms with E-state index in [2.05, 4.69) is 5.10 Å². The van der Waals surface area contributed by atoms with Crippen molar-refractivity contribution in [1.82, 2.24) is 14.1 Å². The van der Waals surface area contributed by atoms with Gasteiger partial charge in [-0.15, -0.1) is 0 Å². The second kappa shape index (κ2) is 8.18. The van der Waals surface area contributed by atoms with Gasteiger partial charge in [0.15, 0.2) is 0 Å². The molecular formula is C21H23N3O4S.